The monoisotopic (exact) mass is 249 g/mol. The molecule has 1 N–H and O–H groups in total. The molecule has 0 aliphatic heterocycles. The third kappa shape index (κ3) is 4.88. The molecule has 3 heteroatoms. The molecule has 0 spiro atoms. The summed E-state index contributed by atoms with van der Waals surface area (Å²) in [5.41, 5.74) is 2.54. The van der Waals surface area contributed by atoms with E-state index in [9.17, 15) is 4.79 Å². The lowest BCUT2D eigenvalue weighted by molar-refractivity contribution is -0.142. The van der Waals surface area contributed by atoms with E-state index in [-0.39, 0.29) is 12.0 Å². The van der Waals surface area contributed by atoms with Crippen LogP contribution in [-0.2, 0) is 22.5 Å². The van der Waals surface area contributed by atoms with Crippen molar-refractivity contribution < 1.29 is 9.53 Å². The van der Waals surface area contributed by atoms with Crippen LogP contribution in [0.1, 0.15) is 31.9 Å². The smallest absolute Gasteiger partial charge is 0.322 e. The highest BCUT2D eigenvalue weighted by Crippen LogP contribution is 2.09. The molecule has 0 aliphatic rings. The lowest BCUT2D eigenvalue weighted by atomic mass is 10.0. The van der Waals surface area contributed by atoms with Crippen LogP contribution in [0.4, 0.5) is 0 Å². The number of benzene rings is 1. The van der Waals surface area contributed by atoms with Gasteiger partial charge in [-0.05, 0) is 30.4 Å². The Bertz CT molecular complexity index is 371. The number of carbonyl (C=O) groups excluding carboxylic acids is 1. The van der Waals surface area contributed by atoms with Crippen molar-refractivity contribution in [2.75, 3.05) is 7.11 Å². The Labute approximate surface area is 110 Å². The van der Waals surface area contributed by atoms with E-state index in [1.807, 2.05) is 0 Å². The highest BCUT2D eigenvalue weighted by molar-refractivity contribution is 5.75. The Balaban J connectivity index is 2.46. The van der Waals surface area contributed by atoms with Crippen molar-refractivity contribution in [3.8, 4) is 0 Å². The summed E-state index contributed by atoms with van der Waals surface area (Å²) in [5, 5.41) is 3.14. The lowest BCUT2D eigenvalue weighted by Crippen LogP contribution is -2.34. The van der Waals surface area contributed by atoms with E-state index < -0.39 is 0 Å². The second-order valence-corrected chi connectivity index (χ2v) is 5.04. The largest absolute Gasteiger partial charge is 0.468 e. The summed E-state index contributed by atoms with van der Waals surface area (Å²) in [6.07, 6.45) is 1.10. The normalized spacial score (nSPS) is 12.5. The van der Waals surface area contributed by atoms with E-state index in [1.54, 1.807) is 6.92 Å². The summed E-state index contributed by atoms with van der Waals surface area (Å²) in [4.78, 5) is 11.2. The molecule has 1 aromatic rings. The van der Waals surface area contributed by atoms with Crippen LogP contribution >= 0.6 is 0 Å². The summed E-state index contributed by atoms with van der Waals surface area (Å²) < 4.78 is 4.66. The molecule has 18 heavy (non-hydrogen) atoms. The third-order valence-electron chi connectivity index (χ3n) is 2.83. The molecule has 0 saturated carbocycles. The first-order valence-corrected chi connectivity index (χ1v) is 6.42. The van der Waals surface area contributed by atoms with Gasteiger partial charge in [0, 0.05) is 6.54 Å². The topological polar surface area (TPSA) is 38.3 Å². The van der Waals surface area contributed by atoms with Gasteiger partial charge in [0.1, 0.15) is 6.04 Å². The molecule has 100 valence electrons. The summed E-state index contributed by atoms with van der Waals surface area (Å²) in [6, 6.07) is 8.24. The maximum atomic E-state index is 11.2. The van der Waals surface area contributed by atoms with Crippen LogP contribution in [-0.4, -0.2) is 19.1 Å². The molecule has 1 aromatic carbocycles. The van der Waals surface area contributed by atoms with Gasteiger partial charge in [0.05, 0.1) is 7.11 Å². The van der Waals surface area contributed by atoms with E-state index >= 15 is 0 Å². The van der Waals surface area contributed by atoms with Crippen molar-refractivity contribution >= 4 is 5.97 Å². The van der Waals surface area contributed by atoms with Crippen molar-refractivity contribution in [2.45, 2.75) is 39.8 Å². The van der Waals surface area contributed by atoms with Crippen molar-refractivity contribution in [1.29, 1.82) is 0 Å². The quantitative estimate of drug-likeness (QED) is 0.787. The number of esters is 1. The van der Waals surface area contributed by atoms with Crippen LogP contribution in [0, 0.1) is 5.92 Å². The Hall–Kier alpha value is -1.35. The number of ether oxygens (including phenoxy) is 1. The van der Waals surface area contributed by atoms with Crippen LogP contribution in [0.15, 0.2) is 24.3 Å². The fourth-order valence-electron chi connectivity index (χ4n) is 1.80. The summed E-state index contributed by atoms with van der Waals surface area (Å²) in [5.74, 6) is 0.444. The molecule has 0 radical (unpaired) electrons. The second-order valence-electron chi connectivity index (χ2n) is 5.04. The minimum Gasteiger partial charge on any atom is -0.468 e. The molecule has 0 amide bonds. The van der Waals surface area contributed by atoms with Crippen molar-refractivity contribution in [1.82, 2.24) is 5.32 Å². The molecule has 0 fully saturated rings. The Morgan fingerprint density at radius 1 is 1.17 bits per heavy atom. The Kier molecular flexibility index (Phi) is 5.86. The van der Waals surface area contributed by atoms with Crippen LogP contribution < -0.4 is 5.32 Å². The van der Waals surface area contributed by atoms with Gasteiger partial charge in [0.25, 0.3) is 0 Å². The fraction of sp³-hybridized carbons (Fsp3) is 0.533. The zero-order valence-electron chi connectivity index (χ0n) is 11.7. The molecule has 3 nitrogen and oxygen atoms in total. The van der Waals surface area contributed by atoms with Gasteiger partial charge in [0.2, 0.25) is 0 Å². The standard InChI is InChI=1S/C15H23NO2/c1-11(2)9-13-5-7-14(8-6-13)10-16-12(3)15(17)18-4/h5-8,11-12,16H,9-10H2,1-4H3. The van der Waals surface area contributed by atoms with Crippen molar-refractivity contribution in [2.24, 2.45) is 5.92 Å². The number of methoxy groups -OCH3 is 1. The van der Waals surface area contributed by atoms with Crippen molar-refractivity contribution in [3.63, 3.8) is 0 Å². The van der Waals surface area contributed by atoms with E-state index in [0.717, 1.165) is 6.42 Å². The summed E-state index contributed by atoms with van der Waals surface area (Å²) in [6.45, 7) is 6.91. The van der Waals surface area contributed by atoms with Gasteiger partial charge in [-0.3, -0.25) is 4.79 Å². The lowest BCUT2D eigenvalue weighted by Gasteiger charge is -2.12. The van der Waals surface area contributed by atoms with Gasteiger partial charge in [-0.25, -0.2) is 0 Å². The number of hydrogen-bond acceptors (Lipinski definition) is 3. The third-order valence-corrected chi connectivity index (χ3v) is 2.83. The maximum Gasteiger partial charge on any atom is 0.322 e. The molecule has 1 rings (SSSR count). The molecule has 0 aromatic heterocycles. The number of nitrogens with one attached hydrogen (secondary N) is 1. The van der Waals surface area contributed by atoms with Gasteiger partial charge in [-0.1, -0.05) is 38.1 Å². The van der Waals surface area contributed by atoms with Crippen molar-refractivity contribution in [3.05, 3.63) is 35.4 Å². The number of carbonyl (C=O) groups is 1. The van der Waals surface area contributed by atoms with Gasteiger partial charge < -0.3 is 10.1 Å². The maximum absolute atomic E-state index is 11.2. The first-order valence-electron chi connectivity index (χ1n) is 6.42. The second kappa shape index (κ2) is 7.17. The van der Waals surface area contributed by atoms with Gasteiger partial charge in [-0.2, -0.15) is 0 Å². The predicted molar refractivity (Wildman–Crippen MR) is 73.3 cm³/mol. The predicted octanol–water partition coefficient (Wildman–Crippen LogP) is 2.54. The number of hydrogen-bond donors (Lipinski definition) is 1. The summed E-state index contributed by atoms with van der Waals surface area (Å²) in [7, 11) is 1.40. The molecular formula is C15H23NO2. The average molecular weight is 249 g/mol. The average Bonchev–Trinajstić information content (AvgIpc) is 2.36. The van der Waals surface area contributed by atoms with Crippen LogP contribution in [0.2, 0.25) is 0 Å². The minimum absolute atomic E-state index is 0.230. The van der Waals surface area contributed by atoms with Crippen LogP contribution in [0.5, 0.6) is 0 Å². The Morgan fingerprint density at radius 3 is 2.22 bits per heavy atom. The zero-order chi connectivity index (χ0) is 13.5. The van der Waals surface area contributed by atoms with Gasteiger partial charge in [-0.15, -0.1) is 0 Å². The van der Waals surface area contributed by atoms with E-state index in [1.165, 1.54) is 18.2 Å². The van der Waals surface area contributed by atoms with Gasteiger partial charge in [0.15, 0.2) is 0 Å². The van der Waals surface area contributed by atoms with E-state index in [2.05, 4.69) is 48.2 Å². The van der Waals surface area contributed by atoms with Crippen LogP contribution in [0.3, 0.4) is 0 Å². The number of rotatable bonds is 6. The molecule has 0 aliphatic carbocycles. The van der Waals surface area contributed by atoms with Crippen LogP contribution in [0.25, 0.3) is 0 Å². The highest BCUT2D eigenvalue weighted by atomic mass is 16.5. The molecule has 0 heterocycles. The molecule has 1 unspecified atom stereocenters. The Morgan fingerprint density at radius 2 is 1.72 bits per heavy atom. The fourth-order valence-corrected chi connectivity index (χ4v) is 1.80. The molecule has 1 atom stereocenters. The molecular weight excluding hydrogens is 226 g/mol. The SMILES string of the molecule is COC(=O)C(C)NCc1ccc(CC(C)C)cc1. The van der Waals surface area contributed by atoms with E-state index in [4.69, 9.17) is 0 Å². The first kappa shape index (κ1) is 14.7. The van der Waals surface area contributed by atoms with Gasteiger partial charge >= 0.3 is 5.97 Å². The minimum atomic E-state index is -0.273. The molecule has 0 saturated heterocycles. The first-order chi connectivity index (χ1) is 8.52. The highest BCUT2D eigenvalue weighted by Gasteiger charge is 2.11. The zero-order valence-corrected chi connectivity index (χ0v) is 11.7. The summed E-state index contributed by atoms with van der Waals surface area (Å²) >= 11 is 0. The molecule has 0 bridgehead atoms. The van der Waals surface area contributed by atoms with E-state index in [0.29, 0.717) is 12.5 Å².